The van der Waals surface area contributed by atoms with Gasteiger partial charge in [-0.1, -0.05) is 53.7 Å². The van der Waals surface area contributed by atoms with Gasteiger partial charge in [-0.2, -0.15) is 0 Å². The maximum Gasteiger partial charge on any atom is 0.254 e. The molecule has 1 atom stereocenters. The van der Waals surface area contributed by atoms with Gasteiger partial charge in [-0.3, -0.25) is 9.59 Å². The van der Waals surface area contributed by atoms with E-state index in [1.165, 1.54) is 0 Å². The SMILES string of the molecule is CCNC(=O)[C@@]1(Cc2cc(-c3ccccc3)no2)CCCN1C(=O)c1ccccc1. The summed E-state index contributed by atoms with van der Waals surface area (Å²) < 4.78 is 5.60. The maximum atomic E-state index is 13.3. The zero-order valence-corrected chi connectivity index (χ0v) is 17.0. The fourth-order valence-corrected chi connectivity index (χ4v) is 4.17. The number of aromatic nitrogens is 1. The number of likely N-dealkylation sites (tertiary alicyclic amines) is 1. The first kappa shape index (κ1) is 19.9. The average molecular weight is 403 g/mol. The molecule has 1 saturated heterocycles. The molecule has 1 fully saturated rings. The Kier molecular flexibility index (Phi) is 5.65. The first-order valence-electron chi connectivity index (χ1n) is 10.3. The molecule has 0 bridgehead atoms. The average Bonchev–Trinajstić information content (AvgIpc) is 3.43. The topological polar surface area (TPSA) is 75.4 Å². The largest absolute Gasteiger partial charge is 0.361 e. The van der Waals surface area contributed by atoms with Crippen LogP contribution in [-0.4, -0.2) is 40.5 Å². The number of nitrogens with one attached hydrogen (secondary N) is 1. The third-order valence-corrected chi connectivity index (χ3v) is 5.61. The van der Waals surface area contributed by atoms with E-state index in [9.17, 15) is 9.59 Å². The van der Waals surface area contributed by atoms with Crippen molar-refractivity contribution in [3.63, 3.8) is 0 Å². The summed E-state index contributed by atoms with van der Waals surface area (Å²) in [6.07, 6.45) is 1.63. The molecule has 0 aliphatic carbocycles. The molecule has 1 aliphatic heterocycles. The van der Waals surface area contributed by atoms with Crippen molar-refractivity contribution in [2.24, 2.45) is 0 Å². The Labute approximate surface area is 175 Å². The standard InChI is InChI=1S/C24H25N3O3/c1-2-25-23(29)24(14-9-15-27(24)22(28)19-12-7-4-8-13-19)17-20-16-21(26-30-20)18-10-5-3-6-11-18/h3-8,10-13,16H,2,9,14-15,17H2,1H3,(H,25,29)/t24-/m0/s1. The van der Waals surface area contributed by atoms with Crippen LogP contribution >= 0.6 is 0 Å². The van der Waals surface area contributed by atoms with Crippen molar-refractivity contribution in [1.82, 2.24) is 15.4 Å². The number of hydrogen-bond acceptors (Lipinski definition) is 4. The zero-order valence-electron chi connectivity index (χ0n) is 17.0. The highest BCUT2D eigenvalue weighted by Crippen LogP contribution is 2.35. The molecule has 1 aliphatic rings. The van der Waals surface area contributed by atoms with Crippen molar-refractivity contribution < 1.29 is 14.1 Å². The lowest BCUT2D eigenvalue weighted by Gasteiger charge is -2.36. The molecule has 30 heavy (non-hydrogen) atoms. The number of carbonyl (C=O) groups is 2. The summed E-state index contributed by atoms with van der Waals surface area (Å²) in [5.41, 5.74) is 1.26. The number of benzene rings is 2. The predicted octanol–water partition coefficient (Wildman–Crippen LogP) is 3.70. The molecule has 3 aromatic rings. The molecule has 0 spiro atoms. The van der Waals surface area contributed by atoms with Crippen LogP contribution in [-0.2, 0) is 11.2 Å². The van der Waals surface area contributed by atoms with Crippen molar-refractivity contribution in [1.29, 1.82) is 0 Å². The van der Waals surface area contributed by atoms with E-state index in [2.05, 4.69) is 10.5 Å². The molecule has 154 valence electrons. The molecular weight excluding hydrogens is 378 g/mol. The summed E-state index contributed by atoms with van der Waals surface area (Å²) in [4.78, 5) is 28.2. The van der Waals surface area contributed by atoms with Gasteiger partial charge in [0.25, 0.3) is 5.91 Å². The minimum Gasteiger partial charge on any atom is -0.361 e. The molecule has 1 N–H and O–H groups in total. The second-order valence-electron chi connectivity index (χ2n) is 7.54. The van der Waals surface area contributed by atoms with Gasteiger partial charge in [-0.15, -0.1) is 0 Å². The molecule has 6 heteroatoms. The highest BCUT2D eigenvalue weighted by Gasteiger charge is 2.50. The van der Waals surface area contributed by atoms with E-state index in [0.29, 0.717) is 30.8 Å². The minimum absolute atomic E-state index is 0.137. The third-order valence-electron chi connectivity index (χ3n) is 5.61. The first-order valence-corrected chi connectivity index (χ1v) is 10.3. The van der Waals surface area contributed by atoms with Gasteiger partial charge in [-0.05, 0) is 31.9 Å². The molecule has 1 aromatic heterocycles. The fraction of sp³-hybridized carbons (Fsp3) is 0.292. The lowest BCUT2D eigenvalue weighted by molar-refractivity contribution is -0.130. The van der Waals surface area contributed by atoms with Crippen molar-refractivity contribution in [2.45, 2.75) is 31.7 Å². The van der Waals surface area contributed by atoms with Gasteiger partial charge < -0.3 is 14.7 Å². The number of amides is 2. The van der Waals surface area contributed by atoms with Crippen LogP contribution < -0.4 is 5.32 Å². The molecule has 2 aromatic carbocycles. The number of hydrogen-bond donors (Lipinski definition) is 1. The summed E-state index contributed by atoms with van der Waals surface area (Å²) in [7, 11) is 0. The van der Waals surface area contributed by atoms with Crippen LogP contribution in [0.1, 0.15) is 35.9 Å². The Morgan fingerprint density at radius 3 is 2.50 bits per heavy atom. The van der Waals surface area contributed by atoms with E-state index in [-0.39, 0.29) is 18.2 Å². The highest BCUT2D eigenvalue weighted by molar-refractivity contribution is 5.99. The van der Waals surface area contributed by atoms with Crippen LogP contribution in [0.15, 0.2) is 71.3 Å². The van der Waals surface area contributed by atoms with Gasteiger partial charge in [0, 0.05) is 36.7 Å². The third kappa shape index (κ3) is 3.73. The lowest BCUT2D eigenvalue weighted by atomic mass is 9.88. The van der Waals surface area contributed by atoms with Crippen molar-refractivity contribution in [2.75, 3.05) is 13.1 Å². The Hall–Kier alpha value is -3.41. The molecule has 2 amide bonds. The van der Waals surface area contributed by atoms with E-state index < -0.39 is 5.54 Å². The van der Waals surface area contributed by atoms with Gasteiger partial charge in [0.2, 0.25) is 5.91 Å². The first-order chi connectivity index (χ1) is 14.6. The number of nitrogens with zero attached hydrogens (tertiary/aromatic N) is 2. The number of likely N-dealkylation sites (N-methyl/N-ethyl adjacent to an activating group) is 1. The molecule has 0 unspecified atom stereocenters. The van der Waals surface area contributed by atoms with Crippen LogP contribution in [0.4, 0.5) is 0 Å². The predicted molar refractivity (Wildman–Crippen MR) is 114 cm³/mol. The summed E-state index contributed by atoms with van der Waals surface area (Å²) in [5.74, 6) is 0.305. The number of rotatable bonds is 6. The molecule has 0 saturated carbocycles. The van der Waals surface area contributed by atoms with E-state index in [4.69, 9.17) is 4.52 Å². The number of carbonyl (C=O) groups excluding carboxylic acids is 2. The smallest absolute Gasteiger partial charge is 0.254 e. The quantitative estimate of drug-likeness (QED) is 0.681. The Bertz CT molecular complexity index is 1020. The summed E-state index contributed by atoms with van der Waals surface area (Å²) in [6.45, 7) is 2.91. The summed E-state index contributed by atoms with van der Waals surface area (Å²) in [5, 5.41) is 7.11. The van der Waals surface area contributed by atoms with Crippen molar-refractivity contribution >= 4 is 11.8 Å². The van der Waals surface area contributed by atoms with Gasteiger partial charge in [0.05, 0.1) is 0 Å². The van der Waals surface area contributed by atoms with Crippen molar-refractivity contribution in [3.05, 3.63) is 78.1 Å². The second kappa shape index (κ2) is 8.53. The van der Waals surface area contributed by atoms with E-state index >= 15 is 0 Å². The molecule has 4 rings (SSSR count). The van der Waals surface area contributed by atoms with E-state index in [0.717, 1.165) is 17.7 Å². The summed E-state index contributed by atoms with van der Waals surface area (Å²) >= 11 is 0. The van der Waals surface area contributed by atoms with Gasteiger partial charge in [-0.25, -0.2) is 0 Å². The second-order valence-corrected chi connectivity index (χ2v) is 7.54. The maximum absolute atomic E-state index is 13.3. The Morgan fingerprint density at radius 2 is 1.80 bits per heavy atom. The monoisotopic (exact) mass is 403 g/mol. The van der Waals surface area contributed by atoms with Crippen LogP contribution in [0.3, 0.4) is 0 Å². The molecule has 0 radical (unpaired) electrons. The van der Waals surface area contributed by atoms with Gasteiger partial charge >= 0.3 is 0 Å². The zero-order chi connectivity index (χ0) is 21.0. The fourth-order valence-electron chi connectivity index (χ4n) is 4.17. The van der Waals surface area contributed by atoms with Crippen LogP contribution in [0.25, 0.3) is 11.3 Å². The highest BCUT2D eigenvalue weighted by atomic mass is 16.5. The van der Waals surface area contributed by atoms with Crippen LogP contribution in [0.5, 0.6) is 0 Å². The van der Waals surface area contributed by atoms with Crippen molar-refractivity contribution in [3.8, 4) is 11.3 Å². The van der Waals surface area contributed by atoms with E-state index in [1.54, 1.807) is 17.0 Å². The van der Waals surface area contributed by atoms with E-state index in [1.807, 2.05) is 61.5 Å². The van der Waals surface area contributed by atoms with Gasteiger partial charge in [0.15, 0.2) is 0 Å². The van der Waals surface area contributed by atoms with Crippen LogP contribution in [0, 0.1) is 0 Å². The minimum atomic E-state index is -0.990. The molecule has 6 nitrogen and oxygen atoms in total. The normalized spacial score (nSPS) is 18.4. The Morgan fingerprint density at radius 1 is 1.10 bits per heavy atom. The summed E-state index contributed by atoms with van der Waals surface area (Å²) in [6, 6.07) is 20.7. The molecule has 2 heterocycles. The van der Waals surface area contributed by atoms with Crippen LogP contribution in [0.2, 0.25) is 0 Å². The molecular formula is C24H25N3O3. The lowest BCUT2D eigenvalue weighted by Crippen LogP contribution is -2.58. The van der Waals surface area contributed by atoms with Gasteiger partial charge in [0.1, 0.15) is 17.0 Å². The Balaban J connectivity index is 1.67.